The maximum absolute atomic E-state index is 10.3. The van der Waals surface area contributed by atoms with E-state index in [4.69, 9.17) is 28.4 Å². The summed E-state index contributed by atoms with van der Waals surface area (Å²) in [7, 11) is 1.21. The van der Waals surface area contributed by atoms with Gasteiger partial charge in [0.15, 0.2) is 18.9 Å². The predicted octanol–water partition coefficient (Wildman–Crippen LogP) is -6.92. The molecule has 0 aromatic heterocycles. The molecule has 0 aliphatic carbocycles. The van der Waals surface area contributed by atoms with Gasteiger partial charge in [0.25, 0.3) is 0 Å². The second-order valence-corrected chi connectivity index (χ2v) is 8.63. The molecule has 3 saturated heterocycles. The molecule has 15 atom stereocenters. The number of hydrogen-bond donors (Lipinski definition) is 10. The van der Waals surface area contributed by atoms with Crippen molar-refractivity contribution in [3.05, 3.63) is 0 Å². The van der Waals surface area contributed by atoms with E-state index < -0.39 is 112 Å². The molecular weight excluding hydrogens is 484 g/mol. The van der Waals surface area contributed by atoms with Crippen molar-refractivity contribution in [2.75, 3.05) is 26.9 Å². The number of methoxy groups -OCH3 is 1. The van der Waals surface area contributed by atoms with Crippen molar-refractivity contribution >= 4 is 0 Å². The van der Waals surface area contributed by atoms with Crippen LogP contribution in [0.2, 0.25) is 0 Å². The van der Waals surface area contributed by atoms with Crippen LogP contribution in [0.3, 0.4) is 0 Å². The first kappa shape index (κ1) is 28.9. The van der Waals surface area contributed by atoms with E-state index in [-0.39, 0.29) is 0 Å². The van der Waals surface area contributed by atoms with Gasteiger partial charge < -0.3 is 79.5 Å². The van der Waals surface area contributed by atoms with E-state index in [1.54, 1.807) is 0 Å². The quantitative estimate of drug-likeness (QED) is 0.143. The number of hydrogen-bond acceptors (Lipinski definition) is 16. The fourth-order valence-electron chi connectivity index (χ4n) is 4.03. The summed E-state index contributed by atoms with van der Waals surface area (Å²) in [6.45, 7) is -1.72. The molecule has 35 heavy (non-hydrogen) atoms. The Kier molecular flexibility index (Phi) is 10.1. The summed E-state index contributed by atoms with van der Waals surface area (Å²) in [5, 5.41) is 99.5. The van der Waals surface area contributed by atoms with Crippen molar-refractivity contribution < 1.29 is 79.5 Å². The average Bonchev–Trinajstić information content (AvgIpc) is 2.85. The van der Waals surface area contributed by atoms with E-state index in [0.717, 1.165) is 0 Å². The Bertz CT molecular complexity index is 600. The molecule has 0 amide bonds. The van der Waals surface area contributed by atoms with Crippen LogP contribution in [0.25, 0.3) is 0 Å². The lowest BCUT2D eigenvalue weighted by Crippen LogP contribution is -2.62. The number of aliphatic hydroxyl groups is 10. The molecule has 3 aliphatic heterocycles. The monoisotopic (exact) mass is 518 g/mol. The van der Waals surface area contributed by atoms with E-state index in [1.807, 2.05) is 0 Å². The fourth-order valence-corrected chi connectivity index (χ4v) is 4.03. The first-order valence-corrected chi connectivity index (χ1v) is 11.0. The standard InChI is InChI=1S/C19H34O16/c1-30-17-14(27)12(25)9(22)6(34-17)3-32-19-16(29)13(26)10(23)7(35-19)4-31-18-15(28)11(24)8(21)5(2-20)33-18/h5-29H,2-4H2,1H3/t5-,6-,7-,8-,9-,10-,11+,12+,13+,14-,15-,16-,17+,18+,19-/m1/s1. The van der Waals surface area contributed by atoms with Crippen molar-refractivity contribution in [2.45, 2.75) is 92.1 Å². The van der Waals surface area contributed by atoms with Gasteiger partial charge in [-0.25, -0.2) is 0 Å². The summed E-state index contributed by atoms with van der Waals surface area (Å²) in [4.78, 5) is 0. The normalized spacial score (nSPS) is 51.3. The molecule has 16 nitrogen and oxygen atoms in total. The average molecular weight is 518 g/mol. The molecule has 0 bridgehead atoms. The lowest BCUT2D eigenvalue weighted by molar-refractivity contribution is -0.341. The highest BCUT2D eigenvalue weighted by Crippen LogP contribution is 2.27. The van der Waals surface area contributed by atoms with Gasteiger partial charge in [0.2, 0.25) is 0 Å². The topological polar surface area (TPSA) is 258 Å². The van der Waals surface area contributed by atoms with Crippen LogP contribution in [0.5, 0.6) is 0 Å². The van der Waals surface area contributed by atoms with Crippen molar-refractivity contribution in [3.63, 3.8) is 0 Å². The fraction of sp³-hybridized carbons (Fsp3) is 1.00. The van der Waals surface area contributed by atoms with Crippen molar-refractivity contribution in [2.24, 2.45) is 0 Å². The molecule has 3 heterocycles. The highest BCUT2D eigenvalue weighted by atomic mass is 16.7. The third-order valence-corrected chi connectivity index (χ3v) is 6.27. The van der Waals surface area contributed by atoms with E-state index in [0.29, 0.717) is 0 Å². The van der Waals surface area contributed by atoms with Crippen LogP contribution < -0.4 is 0 Å². The number of aliphatic hydroxyl groups excluding tert-OH is 10. The Balaban J connectivity index is 1.59. The Hall–Kier alpha value is -0.640. The second-order valence-electron chi connectivity index (χ2n) is 8.63. The summed E-state index contributed by atoms with van der Waals surface area (Å²) < 4.78 is 31.6. The molecule has 10 N–H and O–H groups in total. The molecule has 0 spiro atoms. The molecule has 3 rings (SSSR count). The first-order valence-electron chi connectivity index (χ1n) is 11.0. The van der Waals surface area contributed by atoms with Gasteiger partial charge in [-0.05, 0) is 0 Å². The van der Waals surface area contributed by atoms with Crippen LogP contribution in [-0.4, -0.2) is 170 Å². The van der Waals surface area contributed by atoms with Gasteiger partial charge in [0, 0.05) is 7.11 Å². The van der Waals surface area contributed by atoms with E-state index in [1.165, 1.54) is 7.11 Å². The van der Waals surface area contributed by atoms with Crippen LogP contribution in [0.1, 0.15) is 0 Å². The van der Waals surface area contributed by atoms with Crippen molar-refractivity contribution in [1.82, 2.24) is 0 Å². The zero-order valence-electron chi connectivity index (χ0n) is 18.7. The molecule has 3 aliphatic rings. The van der Waals surface area contributed by atoms with Crippen LogP contribution in [0, 0.1) is 0 Å². The van der Waals surface area contributed by atoms with Gasteiger partial charge in [0.1, 0.15) is 73.2 Å². The van der Waals surface area contributed by atoms with Gasteiger partial charge in [-0.1, -0.05) is 0 Å². The van der Waals surface area contributed by atoms with Gasteiger partial charge in [-0.2, -0.15) is 0 Å². The van der Waals surface area contributed by atoms with Crippen molar-refractivity contribution in [3.8, 4) is 0 Å². The van der Waals surface area contributed by atoms with Crippen molar-refractivity contribution in [1.29, 1.82) is 0 Å². The van der Waals surface area contributed by atoms with E-state index in [2.05, 4.69) is 0 Å². The molecule has 0 radical (unpaired) electrons. The van der Waals surface area contributed by atoms with Crippen LogP contribution in [0.4, 0.5) is 0 Å². The number of rotatable bonds is 8. The minimum Gasteiger partial charge on any atom is -0.394 e. The largest absolute Gasteiger partial charge is 0.394 e. The Morgan fingerprint density at radius 1 is 0.486 bits per heavy atom. The molecule has 3 fully saturated rings. The van der Waals surface area contributed by atoms with Crippen LogP contribution in [0.15, 0.2) is 0 Å². The highest BCUT2D eigenvalue weighted by molar-refractivity contribution is 4.93. The molecule has 0 saturated carbocycles. The van der Waals surface area contributed by atoms with Gasteiger partial charge in [-0.15, -0.1) is 0 Å². The molecular formula is C19H34O16. The smallest absolute Gasteiger partial charge is 0.186 e. The molecule has 0 aromatic rings. The lowest BCUT2D eigenvalue weighted by atomic mass is 9.98. The maximum atomic E-state index is 10.3. The minimum absolute atomic E-state index is 0.490. The summed E-state index contributed by atoms with van der Waals surface area (Å²) in [6, 6.07) is 0. The third-order valence-electron chi connectivity index (χ3n) is 6.27. The number of ether oxygens (including phenoxy) is 6. The van der Waals surface area contributed by atoms with Gasteiger partial charge in [-0.3, -0.25) is 0 Å². The second kappa shape index (κ2) is 12.3. The summed E-state index contributed by atoms with van der Waals surface area (Å²) in [5.74, 6) is 0. The Morgan fingerprint density at radius 2 is 0.829 bits per heavy atom. The first-order chi connectivity index (χ1) is 16.5. The lowest BCUT2D eigenvalue weighted by Gasteiger charge is -2.43. The van der Waals surface area contributed by atoms with Crippen LogP contribution >= 0.6 is 0 Å². The summed E-state index contributed by atoms with van der Waals surface area (Å²) in [5.41, 5.74) is 0. The van der Waals surface area contributed by atoms with E-state index >= 15 is 0 Å². The predicted molar refractivity (Wildman–Crippen MR) is 106 cm³/mol. The van der Waals surface area contributed by atoms with Gasteiger partial charge >= 0.3 is 0 Å². The summed E-state index contributed by atoms with van der Waals surface area (Å²) >= 11 is 0. The zero-order valence-corrected chi connectivity index (χ0v) is 18.7. The van der Waals surface area contributed by atoms with Crippen LogP contribution in [-0.2, 0) is 28.4 Å². The maximum Gasteiger partial charge on any atom is 0.186 e. The zero-order chi connectivity index (χ0) is 26.0. The van der Waals surface area contributed by atoms with Gasteiger partial charge in [0.05, 0.1) is 19.8 Å². The third kappa shape index (κ3) is 6.10. The Morgan fingerprint density at radius 3 is 1.23 bits per heavy atom. The molecule has 0 unspecified atom stereocenters. The minimum atomic E-state index is -1.77. The highest BCUT2D eigenvalue weighted by Gasteiger charge is 2.49. The molecule has 0 aromatic carbocycles. The molecule has 206 valence electrons. The molecule has 16 heteroatoms. The Labute approximate surface area is 199 Å². The van der Waals surface area contributed by atoms with E-state index in [9.17, 15) is 51.1 Å². The SMILES string of the molecule is CO[C@H]1O[C@H](CO[C@@H]2O[C@H](CO[C@H]3O[C@H](CO)[C@@H](O)[C@H](O)[C@H]3O)[C@@H](O)[C@H](O)[C@H]2O)[C@@H](O)[C@H](O)[C@H]1O. The summed E-state index contributed by atoms with van der Waals surface area (Å²) in [6.07, 6.45) is -23.1.